The van der Waals surface area contributed by atoms with Crippen LogP contribution in [0.2, 0.25) is 0 Å². The molecule has 6 nitrogen and oxygen atoms in total. The van der Waals surface area contributed by atoms with Crippen molar-refractivity contribution in [3.05, 3.63) is 70.4 Å². The van der Waals surface area contributed by atoms with E-state index in [-0.39, 0.29) is 33.4 Å². The molecule has 2 N–H and O–H groups in total. The van der Waals surface area contributed by atoms with Gasteiger partial charge in [-0.3, -0.25) is 14.1 Å². The Morgan fingerprint density at radius 2 is 1.71 bits per heavy atom. The fraction of sp³-hybridized carbons (Fsp3) is 0.0588. The summed E-state index contributed by atoms with van der Waals surface area (Å²) in [6.07, 6.45) is 0.349. The van der Waals surface area contributed by atoms with Crippen LogP contribution >= 0.6 is 0 Å². The molecule has 2 aromatic carbocycles. The molecule has 0 atom stereocenters. The third-order valence-corrected chi connectivity index (χ3v) is 5.07. The van der Waals surface area contributed by atoms with Crippen molar-refractivity contribution in [1.29, 1.82) is 0 Å². The van der Waals surface area contributed by atoms with Crippen molar-refractivity contribution in [2.24, 2.45) is 0 Å². The summed E-state index contributed by atoms with van der Waals surface area (Å²) < 4.78 is 31.6. The molecule has 0 bridgehead atoms. The van der Waals surface area contributed by atoms with Crippen LogP contribution in [0.25, 0.3) is 0 Å². The number of fused-ring (bicyclic) bond motifs is 2. The molecule has 0 amide bonds. The van der Waals surface area contributed by atoms with Crippen molar-refractivity contribution in [2.45, 2.75) is 11.3 Å². The Morgan fingerprint density at radius 3 is 2.42 bits per heavy atom. The van der Waals surface area contributed by atoms with E-state index in [1.807, 2.05) is 12.1 Å². The molecule has 120 valence electrons. The molecule has 0 fully saturated rings. The maximum absolute atomic E-state index is 12.6. The molecule has 0 aromatic heterocycles. The van der Waals surface area contributed by atoms with Crippen LogP contribution in [-0.4, -0.2) is 24.5 Å². The Bertz CT molecular complexity index is 1070. The van der Waals surface area contributed by atoms with Crippen LogP contribution in [0.4, 0.5) is 5.69 Å². The van der Waals surface area contributed by atoms with E-state index in [0.717, 1.165) is 11.6 Å². The van der Waals surface area contributed by atoms with Gasteiger partial charge in [-0.2, -0.15) is 8.42 Å². The quantitative estimate of drug-likeness (QED) is 0.609. The predicted molar refractivity (Wildman–Crippen MR) is 85.7 cm³/mol. The lowest BCUT2D eigenvalue weighted by molar-refractivity contribution is 0.101. The Hall–Kier alpha value is -2.77. The average molecular weight is 341 g/mol. The van der Waals surface area contributed by atoms with Crippen LogP contribution in [0.1, 0.15) is 26.3 Å². The lowest BCUT2D eigenvalue weighted by atomic mass is 10.1. The first-order valence-electron chi connectivity index (χ1n) is 7.15. The lowest BCUT2D eigenvalue weighted by Gasteiger charge is -2.03. The summed E-state index contributed by atoms with van der Waals surface area (Å²) in [5.74, 6) is -0.563. The second-order valence-corrected chi connectivity index (χ2v) is 7.07. The summed E-state index contributed by atoms with van der Waals surface area (Å²) in [4.78, 5) is 24.8. The van der Waals surface area contributed by atoms with Crippen molar-refractivity contribution in [2.75, 3.05) is 5.32 Å². The van der Waals surface area contributed by atoms with Gasteiger partial charge in [-0.05, 0) is 23.8 Å². The Labute approximate surface area is 137 Å². The van der Waals surface area contributed by atoms with E-state index < -0.39 is 10.1 Å². The van der Waals surface area contributed by atoms with Crippen molar-refractivity contribution >= 4 is 27.4 Å². The van der Waals surface area contributed by atoms with E-state index in [4.69, 9.17) is 4.55 Å². The average Bonchev–Trinajstić information content (AvgIpc) is 3.04. The van der Waals surface area contributed by atoms with Gasteiger partial charge in [0.15, 0.2) is 5.78 Å². The highest BCUT2D eigenvalue weighted by molar-refractivity contribution is 7.85. The summed E-state index contributed by atoms with van der Waals surface area (Å²) in [5.41, 5.74) is 2.50. The van der Waals surface area contributed by atoms with Gasteiger partial charge in [0.1, 0.15) is 0 Å². The van der Waals surface area contributed by atoms with E-state index in [0.29, 0.717) is 17.6 Å². The molecule has 7 heteroatoms. The van der Waals surface area contributed by atoms with Crippen molar-refractivity contribution < 1.29 is 22.6 Å². The first kappa shape index (κ1) is 14.8. The number of carbonyl (C=O) groups is 2. The van der Waals surface area contributed by atoms with E-state index >= 15 is 0 Å². The van der Waals surface area contributed by atoms with Crippen LogP contribution in [0.5, 0.6) is 0 Å². The number of rotatable bonds is 1. The van der Waals surface area contributed by atoms with Gasteiger partial charge in [0.25, 0.3) is 10.1 Å². The highest BCUT2D eigenvalue weighted by Gasteiger charge is 2.34. The van der Waals surface area contributed by atoms with Crippen LogP contribution in [0.3, 0.4) is 0 Å². The van der Waals surface area contributed by atoms with Gasteiger partial charge in [-0.25, -0.2) is 0 Å². The molecule has 0 saturated heterocycles. The highest BCUT2D eigenvalue weighted by Crippen LogP contribution is 2.36. The number of carbonyl (C=O) groups excluding carboxylic acids is 2. The number of nitrogens with one attached hydrogen (secondary N) is 1. The van der Waals surface area contributed by atoms with Gasteiger partial charge >= 0.3 is 0 Å². The number of allylic oxidation sites excluding steroid dienone is 2. The fourth-order valence-electron chi connectivity index (χ4n) is 3.06. The van der Waals surface area contributed by atoms with Gasteiger partial charge < -0.3 is 5.32 Å². The van der Waals surface area contributed by atoms with Gasteiger partial charge in [0, 0.05) is 23.1 Å². The van der Waals surface area contributed by atoms with Gasteiger partial charge in [0.2, 0.25) is 5.78 Å². The minimum atomic E-state index is -4.37. The first-order chi connectivity index (χ1) is 11.4. The molecule has 1 aliphatic heterocycles. The first-order valence-corrected chi connectivity index (χ1v) is 8.59. The number of benzene rings is 2. The number of Topliss-reactive ketones (excluding diaryl/α,β-unsaturated/α-hetero) is 2. The largest absolute Gasteiger partial charge is 0.351 e. The molecule has 0 spiro atoms. The van der Waals surface area contributed by atoms with Crippen molar-refractivity contribution in [3.8, 4) is 0 Å². The standard InChI is InChI=1S/C17H11NO5S/c19-16-11-4-2-1-3-9(11)7-13(16)15-17(20)12-6-5-10(24(21,22)23)8-14(12)18-15/h1-6,8,18H,7H2,(H,21,22,23)/b15-13-. The fourth-order valence-corrected chi connectivity index (χ4v) is 3.56. The normalized spacial score (nSPS) is 19.2. The molecule has 24 heavy (non-hydrogen) atoms. The Morgan fingerprint density at radius 1 is 0.958 bits per heavy atom. The van der Waals surface area contributed by atoms with E-state index in [1.165, 1.54) is 12.1 Å². The van der Waals surface area contributed by atoms with Gasteiger partial charge in [0.05, 0.1) is 16.3 Å². The van der Waals surface area contributed by atoms with E-state index in [2.05, 4.69) is 5.32 Å². The molecule has 1 aliphatic carbocycles. The Balaban J connectivity index is 1.81. The SMILES string of the molecule is O=C1/C(=C2\Nc3cc(S(=O)(=O)O)ccc3C2=O)Cc2ccccc21. The molecule has 4 rings (SSSR count). The number of hydrogen-bond donors (Lipinski definition) is 2. The molecule has 0 saturated carbocycles. The second-order valence-electron chi connectivity index (χ2n) is 5.65. The minimum Gasteiger partial charge on any atom is -0.351 e. The predicted octanol–water partition coefficient (Wildman–Crippen LogP) is 2.23. The summed E-state index contributed by atoms with van der Waals surface area (Å²) in [6, 6.07) is 10.8. The zero-order valence-electron chi connectivity index (χ0n) is 12.2. The second kappa shape index (κ2) is 4.86. The number of ketones is 2. The number of anilines is 1. The Kier molecular flexibility index (Phi) is 3.00. The monoisotopic (exact) mass is 341 g/mol. The third kappa shape index (κ3) is 2.10. The van der Waals surface area contributed by atoms with Crippen LogP contribution < -0.4 is 5.32 Å². The molecule has 2 aliphatic rings. The van der Waals surface area contributed by atoms with Crippen molar-refractivity contribution in [1.82, 2.24) is 0 Å². The van der Waals surface area contributed by atoms with Crippen LogP contribution in [-0.2, 0) is 16.5 Å². The molecule has 0 radical (unpaired) electrons. The lowest BCUT2D eigenvalue weighted by Crippen LogP contribution is -2.09. The summed E-state index contributed by atoms with van der Waals surface area (Å²) in [5, 5.41) is 2.84. The molecule has 0 unspecified atom stereocenters. The summed E-state index contributed by atoms with van der Waals surface area (Å²) >= 11 is 0. The number of hydrogen-bond acceptors (Lipinski definition) is 5. The summed E-state index contributed by atoms with van der Waals surface area (Å²) in [7, 11) is -4.37. The minimum absolute atomic E-state index is 0.165. The smallest absolute Gasteiger partial charge is 0.294 e. The topological polar surface area (TPSA) is 101 Å². The molecular weight excluding hydrogens is 330 g/mol. The zero-order valence-corrected chi connectivity index (χ0v) is 13.1. The summed E-state index contributed by atoms with van der Waals surface area (Å²) in [6.45, 7) is 0. The zero-order chi connectivity index (χ0) is 17.1. The van der Waals surface area contributed by atoms with Crippen LogP contribution in [0, 0.1) is 0 Å². The maximum Gasteiger partial charge on any atom is 0.294 e. The highest BCUT2D eigenvalue weighted by atomic mass is 32.2. The van der Waals surface area contributed by atoms with E-state index in [9.17, 15) is 18.0 Å². The van der Waals surface area contributed by atoms with Crippen molar-refractivity contribution in [3.63, 3.8) is 0 Å². The molecular formula is C17H11NO5S. The van der Waals surface area contributed by atoms with E-state index in [1.54, 1.807) is 12.1 Å². The molecule has 2 aromatic rings. The van der Waals surface area contributed by atoms with Gasteiger partial charge in [-0.15, -0.1) is 0 Å². The molecule has 1 heterocycles. The van der Waals surface area contributed by atoms with Gasteiger partial charge in [-0.1, -0.05) is 24.3 Å². The van der Waals surface area contributed by atoms with Crippen LogP contribution in [0.15, 0.2) is 58.6 Å². The third-order valence-electron chi connectivity index (χ3n) is 4.23. The maximum atomic E-state index is 12.6.